The summed E-state index contributed by atoms with van der Waals surface area (Å²) in [6.07, 6.45) is 3.84. The van der Waals surface area contributed by atoms with Gasteiger partial charge >= 0.3 is 0 Å². The van der Waals surface area contributed by atoms with Crippen LogP contribution in [-0.4, -0.2) is 25.5 Å². The zero-order chi connectivity index (χ0) is 20.1. The Balaban J connectivity index is 1.24. The van der Waals surface area contributed by atoms with Crippen LogP contribution in [0, 0.1) is 5.82 Å². The first-order chi connectivity index (χ1) is 14.2. The van der Waals surface area contributed by atoms with Gasteiger partial charge in [-0.25, -0.2) is 9.37 Å². The number of para-hydroxylation sites is 1. The van der Waals surface area contributed by atoms with Gasteiger partial charge in [-0.05, 0) is 42.7 Å². The van der Waals surface area contributed by atoms with Crippen LogP contribution in [0.2, 0.25) is 0 Å². The van der Waals surface area contributed by atoms with Crippen LogP contribution in [0.5, 0.6) is 0 Å². The van der Waals surface area contributed by atoms with Crippen LogP contribution in [0.15, 0.2) is 69.3 Å². The Bertz CT molecular complexity index is 1160. The van der Waals surface area contributed by atoms with Crippen molar-refractivity contribution in [2.24, 2.45) is 0 Å². The molecule has 6 nitrogen and oxygen atoms in total. The van der Waals surface area contributed by atoms with Gasteiger partial charge in [0, 0.05) is 12.3 Å². The van der Waals surface area contributed by atoms with E-state index in [-0.39, 0.29) is 11.4 Å². The minimum atomic E-state index is -0.266. The molecule has 0 radical (unpaired) electrons. The quantitative estimate of drug-likeness (QED) is 0.322. The van der Waals surface area contributed by atoms with Gasteiger partial charge in [-0.2, -0.15) is 0 Å². The van der Waals surface area contributed by atoms with Crippen LogP contribution in [0.25, 0.3) is 10.9 Å². The highest BCUT2D eigenvalue weighted by Gasteiger charge is 2.08. The van der Waals surface area contributed by atoms with Crippen molar-refractivity contribution < 1.29 is 8.81 Å². The molecule has 0 bridgehead atoms. The van der Waals surface area contributed by atoms with Crippen LogP contribution in [0.3, 0.4) is 0 Å². The van der Waals surface area contributed by atoms with E-state index in [9.17, 15) is 9.18 Å². The molecule has 0 aliphatic carbocycles. The van der Waals surface area contributed by atoms with Crippen molar-refractivity contribution in [1.29, 1.82) is 0 Å². The maximum Gasteiger partial charge on any atom is 0.276 e. The first kappa shape index (κ1) is 19.3. The number of thioether (sulfide) groups is 1. The Morgan fingerprint density at radius 2 is 1.86 bits per heavy atom. The van der Waals surface area contributed by atoms with Crippen molar-refractivity contribution in [1.82, 2.24) is 19.7 Å². The number of rotatable bonds is 8. The SMILES string of the molecule is O=c1c2ccccc2ncn1CCCCSc1nnc(Cc2ccc(F)cc2)o1. The minimum Gasteiger partial charge on any atom is -0.416 e. The molecule has 0 N–H and O–H groups in total. The normalized spacial score (nSPS) is 11.2. The fourth-order valence-electron chi connectivity index (χ4n) is 2.95. The lowest BCUT2D eigenvalue weighted by Crippen LogP contribution is -2.20. The third-order valence-corrected chi connectivity index (χ3v) is 5.37. The van der Waals surface area contributed by atoms with Crippen molar-refractivity contribution >= 4 is 22.7 Å². The zero-order valence-electron chi connectivity index (χ0n) is 15.6. The Labute approximate surface area is 170 Å². The zero-order valence-corrected chi connectivity index (χ0v) is 16.4. The molecule has 0 saturated heterocycles. The van der Waals surface area contributed by atoms with Gasteiger partial charge in [0.15, 0.2) is 0 Å². The molecule has 0 spiro atoms. The lowest BCUT2D eigenvalue weighted by Gasteiger charge is -2.06. The number of aryl methyl sites for hydroxylation is 1. The van der Waals surface area contributed by atoms with E-state index in [2.05, 4.69) is 15.2 Å². The van der Waals surface area contributed by atoms with Gasteiger partial charge in [-0.3, -0.25) is 9.36 Å². The van der Waals surface area contributed by atoms with Crippen LogP contribution >= 0.6 is 11.8 Å². The second-order valence-corrected chi connectivity index (χ2v) is 7.63. The number of aromatic nitrogens is 4. The smallest absolute Gasteiger partial charge is 0.276 e. The predicted octanol–water partition coefficient (Wildman–Crippen LogP) is 4.08. The van der Waals surface area contributed by atoms with Crippen molar-refractivity contribution in [3.8, 4) is 0 Å². The highest BCUT2D eigenvalue weighted by atomic mass is 32.2. The van der Waals surface area contributed by atoms with Crippen molar-refractivity contribution in [2.45, 2.75) is 31.0 Å². The highest BCUT2D eigenvalue weighted by Crippen LogP contribution is 2.19. The van der Waals surface area contributed by atoms with Crippen molar-refractivity contribution in [2.75, 3.05) is 5.75 Å². The molecular formula is C21H19FN4O2S. The molecule has 0 fully saturated rings. The molecule has 0 unspecified atom stereocenters. The van der Waals surface area contributed by atoms with E-state index < -0.39 is 0 Å². The summed E-state index contributed by atoms with van der Waals surface area (Å²) < 4.78 is 20.2. The molecule has 8 heteroatoms. The Morgan fingerprint density at radius 1 is 1.03 bits per heavy atom. The molecule has 4 rings (SSSR count). The summed E-state index contributed by atoms with van der Waals surface area (Å²) in [7, 11) is 0. The summed E-state index contributed by atoms with van der Waals surface area (Å²) in [4.78, 5) is 16.8. The largest absolute Gasteiger partial charge is 0.416 e. The molecule has 0 saturated carbocycles. The Morgan fingerprint density at radius 3 is 2.72 bits per heavy atom. The van der Waals surface area contributed by atoms with E-state index in [0.717, 1.165) is 29.7 Å². The van der Waals surface area contributed by atoms with Crippen LogP contribution in [0.4, 0.5) is 4.39 Å². The molecule has 2 heterocycles. The third-order valence-electron chi connectivity index (χ3n) is 4.47. The monoisotopic (exact) mass is 410 g/mol. The summed E-state index contributed by atoms with van der Waals surface area (Å²) in [5.74, 6) is 1.05. The van der Waals surface area contributed by atoms with Gasteiger partial charge in [-0.1, -0.05) is 36.0 Å². The van der Waals surface area contributed by atoms with Gasteiger partial charge in [0.2, 0.25) is 5.89 Å². The molecule has 0 atom stereocenters. The van der Waals surface area contributed by atoms with E-state index >= 15 is 0 Å². The number of halogens is 1. The van der Waals surface area contributed by atoms with E-state index in [1.54, 1.807) is 29.1 Å². The summed E-state index contributed by atoms with van der Waals surface area (Å²) in [5.41, 5.74) is 1.63. The standard InChI is InChI=1S/C21H19FN4O2S/c22-16-9-7-15(8-10-16)13-19-24-25-21(28-19)29-12-4-3-11-26-14-23-18-6-2-1-5-17(18)20(26)27/h1-2,5-10,14H,3-4,11-13H2. The van der Waals surface area contributed by atoms with Gasteiger partial charge in [0.25, 0.3) is 10.8 Å². The molecule has 2 aromatic heterocycles. The highest BCUT2D eigenvalue weighted by molar-refractivity contribution is 7.99. The molecular weight excluding hydrogens is 391 g/mol. The van der Waals surface area contributed by atoms with Crippen molar-refractivity contribution in [3.63, 3.8) is 0 Å². The van der Waals surface area contributed by atoms with E-state index in [1.807, 2.05) is 18.2 Å². The van der Waals surface area contributed by atoms with E-state index in [4.69, 9.17) is 4.42 Å². The molecule has 0 aliphatic rings. The Kier molecular flexibility index (Phi) is 6.00. The predicted molar refractivity (Wildman–Crippen MR) is 109 cm³/mol. The number of fused-ring (bicyclic) bond motifs is 1. The average molecular weight is 410 g/mol. The summed E-state index contributed by atoms with van der Waals surface area (Å²) >= 11 is 1.49. The lowest BCUT2D eigenvalue weighted by molar-refractivity contribution is 0.420. The van der Waals surface area contributed by atoms with Crippen LogP contribution < -0.4 is 5.56 Å². The van der Waals surface area contributed by atoms with Gasteiger partial charge in [0.1, 0.15) is 5.82 Å². The second-order valence-electron chi connectivity index (χ2n) is 6.58. The third kappa shape index (κ3) is 4.89. The topological polar surface area (TPSA) is 73.8 Å². The summed E-state index contributed by atoms with van der Waals surface area (Å²) in [6, 6.07) is 13.6. The average Bonchev–Trinajstić information content (AvgIpc) is 3.18. The lowest BCUT2D eigenvalue weighted by atomic mass is 10.1. The summed E-state index contributed by atoms with van der Waals surface area (Å²) in [6.45, 7) is 0.622. The maximum atomic E-state index is 13.0. The maximum absolute atomic E-state index is 13.0. The van der Waals surface area contributed by atoms with E-state index in [0.29, 0.717) is 29.5 Å². The minimum absolute atomic E-state index is 0.00871. The van der Waals surface area contributed by atoms with Gasteiger partial charge in [0.05, 0.1) is 23.7 Å². The molecule has 2 aromatic carbocycles. The molecule has 29 heavy (non-hydrogen) atoms. The van der Waals surface area contributed by atoms with Gasteiger partial charge < -0.3 is 4.42 Å². The molecule has 148 valence electrons. The fourth-order valence-corrected chi connectivity index (χ4v) is 3.73. The van der Waals surface area contributed by atoms with Crippen LogP contribution in [-0.2, 0) is 13.0 Å². The Hall–Kier alpha value is -3.00. The first-order valence-corrected chi connectivity index (χ1v) is 10.3. The number of hydrogen-bond donors (Lipinski definition) is 0. The molecule has 0 amide bonds. The van der Waals surface area contributed by atoms with Crippen LogP contribution in [0.1, 0.15) is 24.3 Å². The number of nitrogens with zero attached hydrogens (tertiary/aromatic N) is 4. The van der Waals surface area contributed by atoms with Gasteiger partial charge in [-0.15, -0.1) is 10.2 Å². The molecule has 0 aliphatic heterocycles. The second kappa shape index (κ2) is 9.00. The molecule has 4 aromatic rings. The van der Waals surface area contributed by atoms with Crippen molar-refractivity contribution in [3.05, 3.63) is 82.5 Å². The summed E-state index contributed by atoms with van der Waals surface area (Å²) in [5, 5.41) is 9.24. The fraction of sp³-hybridized carbons (Fsp3) is 0.238. The number of hydrogen-bond acceptors (Lipinski definition) is 6. The van der Waals surface area contributed by atoms with E-state index in [1.165, 1.54) is 23.9 Å². The number of benzene rings is 2. The number of unbranched alkanes of at least 4 members (excludes halogenated alkanes) is 1. The first-order valence-electron chi connectivity index (χ1n) is 9.33.